The van der Waals surface area contributed by atoms with Gasteiger partial charge < -0.3 is 16.4 Å². The van der Waals surface area contributed by atoms with Crippen molar-refractivity contribution in [2.45, 2.75) is 18.6 Å². The van der Waals surface area contributed by atoms with Crippen molar-refractivity contribution in [3.05, 3.63) is 24.3 Å². The van der Waals surface area contributed by atoms with Gasteiger partial charge in [-0.2, -0.15) is 11.8 Å². The monoisotopic (exact) mass is 253 g/mol. The minimum atomic E-state index is -0.178. The van der Waals surface area contributed by atoms with Crippen LogP contribution < -0.4 is 16.4 Å². The van der Waals surface area contributed by atoms with Gasteiger partial charge in [0, 0.05) is 23.2 Å². The van der Waals surface area contributed by atoms with Gasteiger partial charge in [-0.25, -0.2) is 4.79 Å². The predicted octanol–water partition coefficient (Wildman–Crippen LogP) is 2.53. The zero-order valence-corrected chi connectivity index (χ0v) is 11.0. The highest BCUT2D eigenvalue weighted by molar-refractivity contribution is 7.99. The molecule has 1 atom stereocenters. The number of nitrogens with one attached hydrogen (secondary N) is 2. The maximum absolute atomic E-state index is 11.5. The molecule has 0 aromatic heterocycles. The van der Waals surface area contributed by atoms with Gasteiger partial charge in [0.05, 0.1) is 0 Å². The zero-order chi connectivity index (χ0) is 12.7. The minimum Gasteiger partial charge on any atom is -0.399 e. The predicted molar refractivity (Wildman–Crippen MR) is 75.5 cm³/mol. The van der Waals surface area contributed by atoms with Crippen molar-refractivity contribution < 1.29 is 4.79 Å². The summed E-state index contributed by atoms with van der Waals surface area (Å²) in [5, 5.41) is 6.13. The maximum Gasteiger partial charge on any atom is 0.319 e. The second-order valence-electron chi connectivity index (χ2n) is 3.84. The van der Waals surface area contributed by atoms with Crippen LogP contribution in [0.3, 0.4) is 0 Å². The number of nitrogens with two attached hydrogens (primary N) is 1. The third kappa shape index (κ3) is 5.49. The molecule has 0 aliphatic heterocycles. The van der Waals surface area contributed by atoms with Gasteiger partial charge in [-0.1, -0.05) is 6.92 Å². The Morgan fingerprint density at radius 3 is 2.65 bits per heavy atom. The lowest BCUT2D eigenvalue weighted by Gasteiger charge is -2.10. The Labute approximate surface area is 106 Å². The van der Waals surface area contributed by atoms with Crippen molar-refractivity contribution >= 4 is 29.2 Å². The van der Waals surface area contributed by atoms with E-state index in [9.17, 15) is 4.79 Å². The largest absolute Gasteiger partial charge is 0.399 e. The lowest BCUT2D eigenvalue weighted by atomic mass is 10.3. The molecule has 0 radical (unpaired) electrons. The number of anilines is 2. The Bertz CT molecular complexity index is 353. The average Bonchev–Trinajstić information content (AvgIpc) is 2.32. The van der Waals surface area contributed by atoms with Crippen LogP contribution in [0.1, 0.15) is 13.3 Å². The molecule has 0 fully saturated rings. The van der Waals surface area contributed by atoms with Crippen molar-refractivity contribution in [3.63, 3.8) is 0 Å². The highest BCUT2D eigenvalue weighted by Gasteiger charge is 2.03. The molecule has 0 saturated heterocycles. The van der Waals surface area contributed by atoms with Gasteiger partial charge in [0.1, 0.15) is 0 Å². The van der Waals surface area contributed by atoms with E-state index in [-0.39, 0.29) is 6.03 Å². The lowest BCUT2D eigenvalue weighted by molar-refractivity contribution is 0.252. The van der Waals surface area contributed by atoms with Crippen molar-refractivity contribution in [1.82, 2.24) is 5.32 Å². The number of carbonyl (C=O) groups is 1. The van der Waals surface area contributed by atoms with Crippen LogP contribution in [0.4, 0.5) is 16.2 Å². The first-order valence-corrected chi connectivity index (χ1v) is 6.84. The summed E-state index contributed by atoms with van der Waals surface area (Å²) in [6.45, 7) is 2.83. The molecule has 1 aromatic carbocycles. The molecule has 0 aliphatic carbocycles. The number of hydrogen-bond donors (Lipinski definition) is 3. The van der Waals surface area contributed by atoms with Gasteiger partial charge in [0.25, 0.3) is 0 Å². The van der Waals surface area contributed by atoms with Crippen LogP contribution >= 0.6 is 11.8 Å². The highest BCUT2D eigenvalue weighted by Crippen LogP contribution is 2.10. The molecule has 1 unspecified atom stereocenters. The number of rotatable bonds is 5. The molecule has 4 N–H and O–H groups in total. The quantitative estimate of drug-likeness (QED) is 0.706. The standard InChI is InChI=1S/C12H19N3OS/c1-9(17-2)7-8-14-12(16)15-11-5-3-10(13)4-6-11/h3-6,9H,7-8,13H2,1-2H3,(H2,14,15,16). The molecule has 0 aliphatic rings. The molecule has 17 heavy (non-hydrogen) atoms. The molecular weight excluding hydrogens is 234 g/mol. The number of benzene rings is 1. The number of hydrogen-bond acceptors (Lipinski definition) is 3. The fourth-order valence-corrected chi connectivity index (χ4v) is 1.60. The Hall–Kier alpha value is -1.36. The van der Waals surface area contributed by atoms with E-state index in [0.717, 1.165) is 12.1 Å². The molecule has 0 saturated carbocycles. The van der Waals surface area contributed by atoms with Crippen LogP contribution in [0.25, 0.3) is 0 Å². The maximum atomic E-state index is 11.5. The summed E-state index contributed by atoms with van der Waals surface area (Å²) >= 11 is 1.80. The molecule has 94 valence electrons. The summed E-state index contributed by atoms with van der Waals surface area (Å²) in [5.74, 6) is 0. The minimum absolute atomic E-state index is 0.178. The van der Waals surface area contributed by atoms with Gasteiger partial charge in [-0.3, -0.25) is 0 Å². The number of carbonyl (C=O) groups excluding carboxylic acids is 1. The van der Waals surface area contributed by atoms with Crippen molar-refractivity contribution in [1.29, 1.82) is 0 Å². The number of urea groups is 1. The Balaban J connectivity index is 2.27. The molecule has 0 bridgehead atoms. The van der Waals surface area contributed by atoms with E-state index >= 15 is 0 Å². The van der Waals surface area contributed by atoms with E-state index in [1.807, 2.05) is 0 Å². The molecule has 0 spiro atoms. The first-order valence-electron chi connectivity index (χ1n) is 5.55. The second kappa shape index (κ2) is 7.06. The Kier molecular flexibility index (Phi) is 5.69. The number of amides is 2. The molecule has 0 heterocycles. The molecule has 2 amide bonds. The SMILES string of the molecule is CSC(C)CCNC(=O)Nc1ccc(N)cc1. The summed E-state index contributed by atoms with van der Waals surface area (Å²) < 4.78 is 0. The average molecular weight is 253 g/mol. The van der Waals surface area contributed by atoms with E-state index in [4.69, 9.17) is 5.73 Å². The van der Waals surface area contributed by atoms with Crippen LogP contribution in [-0.2, 0) is 0 Å². The van der Waals surface area contributed by atoms with Crippen molar-refractivity contribution in [3.8, 4) is 0 Å². The second-order valence-corrected chi connectivity index (χ2v) is 5.11. The molecular formula is C12H19N3OS. The van der Waals surface area contributed by atoms with Crippen LogP contribution in [0.2, 0.25) is 0 Å². The summed E-state index contributed by atoms with van der Waals surface area (Å²) in [5.41, 5.74) is 6.99. The summed E-state index contributed by atoms with van der Waals surface area (Å²) in [6.07, 6.45) is 3.04. The van der Waals surface area contributed by atoms with Crippen LogP contribution in [-0.4, -0.2) is 24.1 Å². The van der Waals surface area contributed by atoms with Crippen LogP contribution in [0, 0.1) is 0 Å². The fraction of sp³-hybridized carbons (Fsp3) is 0.417. The fourth-order valence-electron chi connectivity index (χ4n) is 1.25. The summed E-state index contributed by atoms with van der Waals surface area (Å²) in [7, 11) is 0. The Morgan fingerprint density at radius 1 is 1.41 bits per heavy atom. The number of nitrogen functional groups attached to an aromatic ring is 1. The van der Waals surface area contributed by atoms with Crippen LogP contribution in [0.5, 0.6) is 0 Å². The summed E-state index contributed by atoms with van der Waals surface area (Å²) in [4.78, 5) is 11.5. The van der Waals surface area contributed by atoms with E-state index in [2.05, 4.69) is 23.8 Å². The molecule has 4 nitrogen and oxygen atoms in total. The van der Waals surface area contributed by atoms with Crippen molar-refractivity contribution in [2.24, 2.45) is 0 Å². The normalized spacial score (nSPS) is 11.9. The van der Waals surface area contributed by atoms with E-state index in [0.29, 0.717) is 17.5 Å². The molecule has 1 aromatic rings. The van der Waals surface area contributed by atoms with Crippen LogP contribution in [0.15, 0.2) is 24.3 Å². The first kappa shape index (κ1) is 13.7. The topological polar surface area (TPSA) is 67.2 Å². The molecule has 1 rings (SSSR count). The van der Waals surface area contributed by atoms with Gasteiger partial charge >= 0.3 is 6.03 Å². The van der Waals surface area contributed by atoms with Gasteiger partial charge in [0.15, 0.2) is 0 Å². The zero-order valence-electron chi connectivity index (χ0n) is 10.2. The van der Waals surface area contributed by atoms with Gasteiger partial charge in [-0.15, -0.1) is 0 Å². The van der Waals surface area contributed by atoms with Gasteiger partial charge in [0.2, 0.25) is 0 Å². The van der Waals surface area contributed by atoms with E-state index < -0.39 is 0 Å². The lowest BCUT2D eigenvalue weighted by Crippen LogP contribution is -2.30. The third-order valence-electron chi connectivity index (χ3n) is 2.41. The first-order chi connectivity index (χ1) is 8.11. The van der Waals surface area contributed by atoms with Gasteiger partial charge in [-0.05, 0) is 36.9 Å². The smallest absolute Gasteiger partial charge is 0.319 e. The summed E-state index contributed by atoms with van der Waals surface area (Å²) in [6, 6.07) is 6.89. The van der Waals surface area contributed by atoms with E-state index in [1.54, 1.807) is 36.0 Å². The van der Waals surface area contributed by atoms with Crippen molar-refractivity contribution in [2.75, 3.05) is 23.9 Å². The highest BCUT2D eigenvalue weighted by atomic mass is 32.2. The van der Waals surface area contributed by atoms with E-state index in [1.165, 1.54) is 0 Å². The third-order valence-corrected chi connectivity index (χ3v) is 3.45. The number of thioether (sulfide) groups is 1. The molecule has 5 heteroatoms. The Morgan fingerprint density at radius 2 is 2.06 bits per heavy atom.